The summed E-state index contributed by atoms with van der Waals surface area (Å²) in [5, 5.41) is 1.34. The monoisotopic (exact) mass is 278 g/mol. The molecule has 1 heterocycles. The minimum atomic E-state index is -0.252. The fourth-order valence-electron chi connectivity index (χ4n) is 2.28. The summed E-state index contributed by atoms with van der Waals surface area (Å²) in [6.07, 6.45) is 0. The van der Waals surface area contributed by atoms with E-state index in [4.69, 9.17) is 0 Å². The second kappa shape index (κ2) is 5.25. The maximum Gasteiger partial charge on any atom is 0.274 e. The molecule has 3 rings (SSSR count). The summed E-state index contributed by atoms with van der Waals surface area (Å²) < 4.78 is 0. The molecule has 0 unspecified atom stereocenters. The van der Waals surface area contributed by atoms with Crippen molar-refractivity contribution in [3.05, 3.63) is 76.7 Å². The molecule has 1 aromatic heterocycles. The third-order valence-corrected chi connectivity index (χ3v) is 3.43. The number of nitrogens with one attached hydrogen (secondary N) is 1. The van der Waals surface area contributed by atoms with Gasteiger partial charge in [-0.15, -0.1) is 0 Å². The Balaban J connectivity index is 2.04. The van der Waals surface area contributed by atoms with Gasteiger partial charge >= 0.3 is 0 Å². The van der Waals surface area contributed by atoms with Gasteiger partial charge in [0.2, 0.25) is 0 Å². The third kappa shape index (κ3) is 2.43. The summed E-state index contributed by atoms with van der Waals surface area (Å²) in [6.45, 7) is 0. The Labute approximate surface area is 121 Å². The summed E-state index contributed by atoms with van der Waals surface area (Å²) in [7, 11) is 1.69. The molecule has 0 spiro atoms. The predicted octanol–water partition coefficient (Wildman–Crippen LogP) is 2.80. The van der Waals surface area contributed by atoms with Crippen LogP contribution in [0.25, 0.3) is 10.8 Å². The van der Waals surface area contributed by atoms with Crippen LogP contribution in [0.5, 0.6) is 0 Å². The van der Waals surface area contributed by atoms with E-state index in [0.29, 0.717) is 5.39 Å². The van der Waals surface area contributed by atoms with Gasteiger partial charge in [0.15, 0.2) is 0 Å². The number of hydrogen-bond donors (Lipinski definition) is 1. The van der Waals surface area contributed by atoms with Crippen LogP contribution in [0.4, 0.5) is 5.69 Å². The Morgan fingerprint density at radius 1 is 1.00 bits per heavy atom. The number of para-hydroxylation sites is 1. The number of nitrogens with zero attached hydrogens (tertiary/aromatic N) is 1. The van der Waals surface area contributed by atoms with E-state index >= 15 is 0 Å². The van der Waals surface area contributed by atoms with Crippen molar-refractivity contribution >= 4 is 22.4 Å². The maximum atomic E-state index is 12.5. The van der Waals surface area contributed by atoms with Crippen molar-refractivity contribution in [3.8, 4) is 0 Å². The Hall–Kier alpha value is -2.88. The average Bonchev–Trinajstić information content (AvgIpc) is 2.54. The number of rotatable bonds is 2. The zero-order chi connectivity index (χ0) is 14.8. The Kier molecular flexibility index (Phi) is 3.28. The molecular formula is C17H14N2O2. The van der Waals surface area contributed by atoms with Gasteiger partial charge in [-0.1, -0.05) is 36.4 Å². The van der Waals surface area contributed by atoms with E-state index in [2.05, 4.69) is 4.98 Å². The predicted molar refractivity (Wildman–Crippen MR) is 83.7 cm³/mol. The minimum absolute atomic E-state index is 0.246. The number of benzene rings is 2. The van der Waals surface area contributed by atoms with Gasteiger partial charge in [0.25, 0.3) is 11.5 Å². The summed E-state index contributed by atoms with van der Waals surface area (Å²) >= 11 is 0. The first-order valence-electron chi connectivity index (χ1n) is 6.62. The lowest BCUT2D eigenvalue weighted by molar-refractivity contribution is 0.0988. The lowest BCUT2D eigenvalue weighted by Gasteiger charge is -2.17. The average molecular weight is 278 g/mol. The molecule has 104 valence electrons. The number of pyridine rings is 1. The highest BCUT2D eigenvalue weighted by atomic mass is 16.2. The molecule has 1 amide bonds. The summed E-state index contributed by atoms with van der Waals surface area (Å²) in [6, 6.07) is 18.2. The van der Waals surface area contributed by atoms with Gasteiger partial charge in [0, 0.05) is 18.1 Å². The SMILES string of the molecule is CN(C(=O)c1cc2ccccc2c(=O)[nH]1)c1ccccc1. The Morgan fingerprint density at radius 2 is 1.67 bits per heavy atom. The van der Waals surface area contributed by atoms with E-state index in [0.717, 1.165) is 11.1 Å². The third-order valence-electron chi connectivity index (χ3n) is 3.43. The van der Waals surface area contributed by atoms with Gasteiger partial charge in [-0.2, -0.15) is 0 Å². The Bertz CT molecular complexity index is 853. The van der Waals surface area contributed by atoms with Crippen LogP contribution in [-0.2, 0) is 0 Å². The van der Waals surface area contributed by atoms with Crippen LogP contribution in [0.15, 0.2) is 65.5 Å². The van der Waals surface area contributed by atoms with E-state index in [9.17, 15) is 9.59 Å². The van der Waals surface area contributed by atoms with E-state index in [1.807, 2.05) is 42.5 Å². The van der Waals surface area contributed by atoms with E-state index in [1.165, 1.54) is 4.90 Å². The summed E-state index contributed by atoms with van der Waals surface area (Å²) in [4.78, 5) is 28.7. The highest BCUT2D eigenvalue weighted by Crippen LogP contribution is 2.15. The zero-order valence-corrected chi connectivity index (χ0v) is 11.5. The highest BCUT2D eigenvalue weighted by molar-refractivity contribution is 6.06. The van der Waals surface area contributed by atoms with E-state index in [-0.39, 0.29) is 17.2 Å². The molecule has 0 fully saturated rings. The zero-order valence-electron chi connectivity index (χ0n) is 11.5. The molecule has 0 radical (unpaired) electrons. The van der Waals surface area contributed by atoms with Gasteiger partial charge < -0.3 is 9.88 Å². The van der Waals surface area contributed by atoms with Crippen molar-refractivity contribution in [2.24, 2.45) is 0 Å². The molecule has 4 nitrogen and oxygen atoms in total. The van der Waals surface area contributed by atoms with Crippen LogP contribution in [0.2, 0.25) is 0 Å². The van der Waals surface area contributed by atoms with Gasteiger partial charge in [-0.05, 0) is 29.7 Å². The smallest absolute Gasteiger partial charge is 0.274 e. The molecule has 3 aromatic rings. The van der Waals surface area contributed by atoms with Crippen molar-refractivity contribution in [2.75, 3.05) is 11.9 Å². The van der Waals surface area contributed by atoms with Crippen LogP contribution in [-0.4, -0.2) is 17.9 Å². The number of hydrogen-bond acceptors (Lipinski definition) is 2. The van der Waals surface area contributed by atoms with Gasteiger partial charge in [0.1, 0.15) is 5.69 Å². The fraction of sp³-hybridized carbons (Fsp3) is 0.0588. The number of carbonyl (C=O) groups excluding carboxylic acids is 1. The number of H-pyrrole nitrogens is 1. The second-order valence-electron chi connectivity index (χ2n) is 4.80. The molecular weight excluding hydrogens is 264 g/mol. The first kappa shape index (κ1) is 13.1. The van der Waals surface area contributed by atoms with Crippen LogP contribution in [0.1, 0.15) is 10.5 Å². The number of aromatic nitrogens is 1. The molecule has 0 aliphatic heterocycles. The number of aromatic amines is 1. The van der Waals surface area contributed by atoms with Crippen LogP contribution in [0, 0.1) is 0 Å². The molecule has 0 saturated carbocycles. The van der Waals surface area contributed by atoms with Crippen molar-refractivity contribution < 1.29 is 4.79 Å². The molecule has 2 aromatic carbocycles. The van der Waals surface area contributed by atoms with Crippen molar-refractivity contribution in [1.29, 1.82) is 0 Å². The normalized spacial score (nSPS) is 10.5. The molecule has 0 saturated heterocycles. The topological polar surface area (TPSA) is 53.2 Å². The first-order chi connectivity index (χ1) is 10.2. The molecule has 0 atom stereocenters. The minimum Gasteiger partial charge on any atom is -0.317 e. The number of fused-ring (bicyclic) bond motifs is 1. The maximum absolute atomic E-state index is 12.5. The van der Waals surface area contributed by atoms with Crippen LogP contribution in [0.3, 0.4) is 0 Å². The largest absolute Gasteiger partial charge is 0.317 e. The van der Waals surface area contributed by atoms with Gasteiger partial charge in [0.05, 0.1) is 0 Å². The Morgan fingerprint density at radius 3 is 2.43 bits per heavy atom. The number of carbonyl (C=O) groups is 1. The van der Waals surface area contributed by atoms with Gasteiger partial charge in [-0.3, -0.25) is 9.59 Å². The quantitative estimate of drug-likeness (QED) is 0.783. The van der Waals surface area contributed by atoms with Crippen LogP contribution >= 0.6 is 0 Å². The first-order valence-corrected chi connectivity index (χ1v) is 6.62. The number of amides is 1. The molecule has 0 aliphatic rings. The van der Waals surface area contributed by atoms with Crippen molar-refractivity contribution in [1.82, 2.24) is 4.98 Å². The van der Waals surface area contributed by atoms with E-state index in [1.54, 1.807) is 25.2 Å². The van der Waals surface area contributed by atoms with Crippen molar-refractivity contribution in [2.45, 2.75) is 0 Å². The van der Waals surface area contributed by atoms with E-state index < -0.39 is 0 Å². The lowest BCUT2D eigenvalue weighted by Crippen LogP contribution is -2.28. The van der Waals surface area contributed by atoms with Crippen molar-refractivity contribution in [3.63, 3.8) is 0 Å². The summed E-state index contributed by atoms with van der Waals surface area (Å²) in [5.74, 6) is -0.246. The standard InChI is InChI=1S/C17H14N2O2/c1-19(13-8-3-2-4-9-13)17(21)15-11-12-7-5-6-10-14(12)16(20)18-15/h2-11H,1H3,(H,18,20). The molecule has 1 N–H and O–H groups in total. The molecule has 4 heteroatoms. The second-order valence-corrected chi connectivity index (χ2v) is 4.80. The summed E-state index contributed by atoms with van der Waals surface area (Å²) in [5.41, 5.74) is 0.805. The molecule has 0 bridgehead atoms. The fourth-order valence-corrected chi connectivity index (χ4v) is 2.28. The van der Waals surface area contributed by atoms with Crippen LogP contribution < -0.4 is 10.5 Å². The van der Waals surface area contributed by atoms with Gasteiger partial charge in [-0.25, -0.2) is 0 Å². The molecule has 0 aliphatic carbocycles. The lowest BCUT2D eigenvalue weighted by atomic mass is 10.1. The molecule has 21 heavy (non-hydrogen) atoms. The number of anilines is 1. The highest BCUT2D eigenvalue weighted by Gasteiger charge is 2.15.